The van der Waals surface area contributed by atoms with Crippen molar-refractivity contribution in [1.29, 1.82) is 0 Å². The Hall–Kier alpha value is -2.14. The Morgan fingerprint density at radius 3 is 2.85 bits per heavy atom. The Bertz CT molecular complexity index is 607. The zero-order valence-corrected chi connectivity index (χ0v) is 11.5. The summed E-state index contributed by atoms with van der Waals surface area (Å²) in [4.78, 5) is 15.8. The van der Waals surface area contributed by atoms with E-state index in [9.17, 15) is 9.18 Å². The lowest BCUT2D eigenvalue weighted by Crippen LogP contribution is -2.31. The molecule has 2 rings (SSSR count). The molecule has 0 radical (unpaired) electrons. The number of nitrogens with zero attached hydrogens (tertiary/aromatic N) is 1. The van der Waals surface area contributed by atoms with Crippen LogP contribution in [0.25, 0.3) is 0 Å². The summed E-state index contributed by atoms with van der Waals surface area (Å²) in [5.41, 5.74) is 1.31. The molecular formula is C14H13ClFN3O. The normalized spacial score (nSPS) is 11.8. The van der Waals surface area contributed by atoms with Gasteiger partial charge in [0.05, 0.1) is 11.1 Å². The lowest BCUT2D eigenvalue weighted by atomic mass is 10.1. The van der Waals surface area contributed by atoms with Gasteiger partial charge in [0.1, 0.15) is 5.82 Å². The molecular weight excluding hydrogens is 281 g/mol. The molecule has 0 saturated heterocycles. The van der Waals surface area contributed by atoms with Gasteiger partial charge >= 0.3 is 6.03 Å². The van der Waals surface area contributed by atoms with Crippen molar-refractivity contribution in [3.05, 3.63) is 59.1 Å². The van der Waals surface area contributed by atoms with E-state index in [-0.39, 0.29) is 11.1 Å². The first-order valence-electron chi connectivity index (χ1n) is 5.99. The molecule has 0 spiro atoms. The van der Waals surface area contributed by atoms with E-state index in [4.69, 9.17) is 11.6 Å². The van der Waals surface area contributed by atoms with Crippen LogP contribution in [-0.4, -0.2) is 11.0 Å². The minimum atomic E-state index is -0.527. The standard InChI is InChI=1S/C14H13ClFN3O/c1-9(10-3-2-6-17-8-10)18-14(20)19-11-4-5-13(16)12(15)7-11/h2-9H,1H3,(H2,18,19,20)/t9-/m1/s1. The molecule has 20 heavy (non-hydrogen) atoms. The van der Waals surface area contributed by atoms with Crippen LogP contribution in [0.4, 0.5) is 14.9 Å². The molecule has 0 aliphatic carbocycles. The van der Waals surface area contributed by atoms with Crippen LogP contribution in [0.15, 0.2) is 42.7 Å². The van der Waals surface area contributed by atoms with Crippen molar-refractivity contribution in [2.24, 2.45) is 0 Å². The summed E-state index contributed by atoms with van der Waals surface area (Å²) < 4.78 is 13.0. The van der Waals surface area contributed by atoms with Crippen LogP contribution in [0, 0.1) is 5.82 Å². The Balaban J connectivity index is 1.97. The van der Waals surface area contributed by atoms with Gasteiger partial charge in [-0.1, -0.05) is 17.7 Å². The molecule has 0 unspecified atom stereocenters. The van der Waals surface area contributed by atoms with Gasteiger partial charge < -0.3 is 10.6 Å². The average molecular weight is 294 g/mol. The number of halogens is 2. The maximum absolute atomic E-state index is 13.0. The van der Waals surface area contributed by atoms with Crippen molar-refractivity contribution >= 4 is 23.3 Å². The second-order valence-corrected chi connectivity index (χ2v) is 4.64. The molecule has 1 heterocycles. The number of amides is 2. The van der Waals surface area contributed by atoms with Gasteiger partial charge in [0.15, 0.2) is 0 Å². The average Bonchev–Trinajstić information content (AvgIpc) is 2.44. The van der Waals surface area contributed by atoms with Crippen LogP contribution in [0.2, 0.25) is 5.02 Å². The Morgan fingerprint density at radius 1 is 1.40 bits per heavy atom. The fraction of sp³-hybridized carbons (Fsp3) is 0.143. The molecule has 1 atom stereocenters. The number of nitrogens with one attached hydrogen (secondary N) is 2. The van der Waals surface area contributed by atoms with Crippen molar-refractivity contribution in [1.82, 2.24) is 10.3 Å². The molecule has 0 aliphatic rings. The van der Waals surface area contributed by atoms with Crippen molar-refractivity contribution in [2.45, 2.75) is 13.0 Å². The molecule has 6 heteroatoms. The zero-order valence-electron chi connectivity index (χ0n) is 10.7. The topological polar surface area (TPSA) is 54.0 Å². The SMILES string of the molecule is C[C@@H](NC(=O)Nc1ccc(F)c(Cl)c1)c1cccnc1. The summed E-state index contributed by atoms with van der Waals surface area (Å²) in [6.07, 6.45) is 3.34. The minimum Gasteiger partial charge on any atom is -0.331 e. The van der Waals surface area contributed by atoms with Gasteiger partial charge in [0.25, 0.3) is 0 Å². The van der Waals surface area contributed by atoms with E-state index in [1.807, 2.05) is 13.0 Å². The number of pyridine rings is 1. The van der Waals surface area contributed by atoms with Crippen molar-refractivity contribution < 1.29 is 9.18 Å². The van der Waals surface area contributed by atoms with Crippen molar-refractivity contribution in [3.63, 3.8) is 0 Å². The van der Waals surface area contributed by atoms with Gasteiger partial charge in [-0.05, 0) is 36.8 Å². The van der Waals surface area contributed by atoms with Crippen LogP contribution in [0.3, 0.4) is 0 Å². The number of hydrogen-bond donors (Lipinski definition) is 2. The van der Waals surface area contributed by atoms with Crippen LogP contribution < -0.4 is 10.6 Å². The number of carbonyl (C=O) groups is 1. The van der Waals surface area contributed by atoms with E-state index in [1.54, 1.807) is 18.5 Å². The highest BCUT2D eigenvalue weighted by molar-refractivity contribution is 6.31. The summed E-state index contributed by atoms with van der Waals surface area (Å²) in [7, 11) is 0. The zero-order chi connectivity index (χ0) is 14.5. The van der Waals surface area contributed by atoms with Crippen LogP contribution in [-0.2, 0) is 0 Å². The quantitative estimate of drug-likeness (QED) is 0.905. The number of hydrogen-bond acceptors (Lipinski definition) is 2. The monoisotopic (exact) mass is 293 g/mol. The number of benzene rings is 1. The fourth-order valence-corrected chi connectivity index (χ4v) is 1.83. The molecule has 104 valence electrons. The molecule has 2 aromatic rings. The second kappa shape index (κ2) is 6.34. The molecule has 0 aliphatic heterocycles. The Kier molecular flexibility index (Phi) is 4.53. The largest absolute Gasteiger partial charge is 0.331 e. The first-order valence-corrected chi connectivity index (χ1v) is 6.36. The molecule has 2 N–H and O–H groups in total. The third-order valence-corrected chi connectivity index (χ3v) is 3.00. The summed E-state index contributed by atoms with van der Waals surface area (Å²) >= 11 is 5.64. The first kappa shape index (κ1) is 14.3. The third kappa shape index (κ3) is 3.68. The molecule has 0 saturated carbocycles. The highest BCUT2D eigenvalue weighted by Gasteiger charge is 2.10. The summed E-state index contributed by atoms with van der Waals surface area (Å²) in [5.74, 6) is -0.527. The predicted octanol–water partition coefficient (Wildman–Crippen LogP) is 3.76. The second-order valence-electron chi connectivity index (χ2n) is 4.24. The first-order chi connectivity index (χ1) is 9.56. The molecule has 4 nitrogen and oxygen atoms in total. The smallest absolute Gasteiger partial charge is 0.319 e. The van der Waals surface area contributed by atoms with Crippen LogP contribution in [0.1, 0.15) is 18.5 Å². The predicted molar refractivity (Wildman–Crippen MR) is 76.2 cm³/mol. The van der Waals surface area contributed by atoms with Crippen LogP contribution >= 0.6 is 11.6 Å². The Morgan fingerprint density at radius 2 is 2.20 bits per heavy atom. The Labute approximate surface area is 121 Å². The maximum Gasteiger partial charge on any atom is 0.319 e. The van der Waals surface area contributed by atoms with E-state index < -0.39 is 11.8 Å². The molecule has 0 bridgehead atoms. The minimum absolute atomic E-state index is 0.0388. The van der Waals surface area contributed by atoms with E-state index in [0.29, 0.717) is 5.69 Å². The number of urea groups is 1. The summed E-state index contributed by atoms with van der Waals surface area (Å²) in [5, 5.41) is 5.30. The highest BCUT2D eigenvalue weighted by Crippen LogP contribution is 2.19. The summed E-state index contributed by atoms with van der Waals surface area (Å²) in [6.45, 7) is 1.84. The number of rotatable bonds is 3. The van der Waals surface area contributed by atoms with Gasteiger partial charge in [-0.3, -0.25) is 4.98 Å². The van der Waals surface area contributed by atoms with Crippen molar-refractivity contribution in [2.75, 3.05) is 5.32 Å². The number of aromatic nitrogens is 1. The van der Waals surface area contributed by atoms with Gasteiger partial charge in [-0.15, -0.1) is 0 Å². The molecule has 2 amide bonds. The third-order valence-electron chi connectivity index (χ3n) is 2.71. The maximum atomic E-state index is 13.0. The fourth-order valence-electron chi connectivity index (χ4n) is 1.65. The van der Waals surface area contributed by atoms with Crippen LogP contribution in [0.5, 0.6) is 0 Å². The summed E-state index contributed by atoms with van der Waals surface area (Å²) in [6, 6.07) is 7.06. The van der Waals surface area contributed by atoms with E-state index >= 15 is 0 Å². The number of anilines is 1. The van der Waals surface area contributed by atoms with E-state index in [2.05, 4.69) is 15.6 Å². The lowest BCUT2D eigenvalue weighted by Gasteiger charge is -2.14. The van der Waals surface area contributed by atoms with Crippen molar-refractivity contribution in [3.8, 4) is 0 Å². The number of carbonyl (C=O) groups excluding carboxylic acids is 1. The molecule has 1 aromatic heterocycles. The lowest BCUT2D eigenvalue weighted by molar-refractivity contribution is 0.249. The molecule has 1 aromatic carbocycles. The van der Waals surface area contributed by atoms with Gasteiger partial charge in [-0.2, -0.15) is 0 Å². The highest BCUT2D eigenvalue weighted by atomic mass is 35.5. The van der Waals surface area contributed by atoms with E-state index in [0.717, 1.165) is 5.56 Å². The van der Waals surface area contributed by atoms with E-state index in [1.165, 1.54) is 18.2 Å². The molecule has 0 fully saturated rings. The van der Waals surface area contributed by atoms with Gasteiger partial charge in [-0.25, -0.2) is 9.18 Å². The van der Waals surface area contributed by atoms with Gasteiger partial charge in [0.2, 0.25) is 0 Å². The van der Waals surface area contributed by atoms with Gasteiger partial charge in [0, 0.05) is 18.1 Å².